The van der Waals surface area contributed by atoms with Crippen LogP contribution in [0.1, 0.15) is 46.5 Å². The zero-order valence-corrected chi connectivity index (χ0v) is 13.9. The number of hydrogen-bond donors (Lipinski definition) is 1. The first-order chi connectivity index (χ1) is 10.4. The van der Waals surface area contributed by atoms with Gasteiger partial charge in [-0.25, -0.2) is 0 Å². The van der Waals surface area contributed by atoms with Gasteiger partial charge in [0.1, 0.15) is 0 Å². The Morgan fingerprint density at radius 2 is 2.14 bits per heavy atom. The van der Waals surface area contributed by atoms with Gasteiger partial charge in [-0.2, -0.15) is 0 Å². The van der Waals surface area contributed by atoms with Gasteiger partial charge in [0.15, 0.2) is 0 Å². The molecule has 2 bridgehead atoms. The van der Waals surface area contributed by atoms with Gasteiger partial charge in [-0.3, -0.25) is 4.79 Å². The zero-order valence-electron chi connectivity index (χ0n) is 13.9. The average molecular weight is 306 g/mol. The molecule has 0 radical (unpaired) electrons. The molecule has 2 saturated heterocycles. The van der Waals surface area contributed by atoms with E-state index in [2.05, 4.69) is 20.8 Å². The molecule has 0 spiro atoms. The maximum Gasteiger partial charge on any atom is 0.481 e. The van der Waals surface area contributed by atoms with Crippen LogP contribution in [0.4, 0.5) is 0 Å². The van der Waals surface area contributed by atoms with Crippen LogP contribution in [-0.4, -0.2) is 48.7 Å². The second-order valence-electron chi connectivity index (χ2n) is 8.34. The molecule has 2 heterocycles. The summed E-state index contributed by atoms with van der Waals surface area (Å²) in [6.45, 7) is 7.81. The monoisotopic (exact) mass is 306 g/mol. The van der Waals surface area contributed by atoms with Crippen molar-refractivity contribution in [1.29, 1.82) is 0 Å². The first-order valence-corrected chi connectivity index (χ1v) is 8.70. The molecular formula is C16H27BN2O3. The Kier molecular flexibility index (Phi) is 3.21. The molecule has 3 aliphatic carbocycles. The molecule has 5 atom stereocenters. The topological polar surface area (TPSA) is 64.8 Å². The van der Waals surface area contributed by atoms with Gasteiger partial charge in [-0.1, -0.05) is 13.8 Å². The second kappa shape index (κ2) is 4.71. The molecule has 2 aliphatic heterocycles. The van der Waals surface area contributed by atoms with Gasteiger partial charge in [0, 0.05) is 6.54 Å². The first-order valence-electron chi connectivity index (χ1n) is 8.70. The third-order valence-electron chi connectivity index (χ3n) is 7.08. The molecule has 3 saturated carbocycles. The lowest BCUT2D eigenvalue weighted by Crippen LogP contribution is -2.65. The molecule has 5 fully saturated rings. The third kappa shape index (κ3) is 1.80. The smallest absolute Gasteiger partial charge is 0.404 e. The van der Waals surface area contributed by atoms with Crippen molar-refractivity contribution in [1.82, 2.24) is 4.90 Å². The summed E-state index contributed by atoms with van der Waals surface area (Å²) in [5.41, 5.74) is 5.71. The largest absolute Gasteiger partial charge is 0.481 e. The van der Waals surface area contributed by atoms with E-state index in [4.69, 9.17) is 15.0 Å². The molecule has 0 aromatic rings. The molecular weight excluding hydrogens is 279 g/mol. The van der Waals surface area contributed by atoms with Crippen molar-refractivity contribution in [3.8, 4) is 0 Å². The van der Waals surface area contributed by atoms with Gasteiger partial charge in [-0.15, -0.1) is 0 Å². The number of nitrogens with zero attached hydrogens (tertiary/aromatic N) is 1. The van der Waals surface area contributed by atoms with E-state index in [1.807, 2.05) is 4.90 Å². The van der Waals surface area contributed by atoms with Crippen LogP contribution >= 0.6 is 0 Å². The van der Waals surface area contributed by atoms with Crippen molar-refractivity contribution >= 4 is 13.0 Å². The van der Waals surface area contributed by atoms with Crippen molar-refractivity contribution in [2.75, 3.05) is 13.1 Å². The molecule has 3 unspecified atom stereocenters. The maximum absolute atomic E-state index is 12.0. The lowest BCUT2D eigenvalue weighted by atomic mass is 9.43. The Labute approximate surface area is 133 Å². The Morgan fingerprint density at radius 1 is 1.36 bits per heavy atom. The molecule has 1 amide bonds. The number of rotatable bonds is 2. The third-order valence-corrected chi connectivity index (χ3v) is 7.08. The fraction of sp³-hybridized carbons (Fsp3) is 0.938. The summed E-state index contributed by atoms with van der Waals surface area (Å²) in [5.74, 6) is 1.37. The highest BCUT2D eigenvalue weighted by atomic mass is 16.7. The summed E-state index contributed by atoms with van der Waals surface area (Å²) < 4.78 is 12.8. The van der Waals surface area contributed by atoms with E-state index < -0.39 is 0 Å². The zero-order chi connectivity index (χ0) is 15.7. The van der Waals surface area contributed by atoms with E-state index in [0.29, 0.717) is 11.3 Å². The van der Waals surface area contributed by atoms with Gasteiger partial charge in [0.2, 0.25) is 5.91 Å². The van der Waals surface area contributed by atoms with Crippen molar-refractivity contribution in [2.45, 2.75) is 64.1 Å². The fourth-order valence-corrected chi connectivity index (χ4v) is 5.57. The normalized spacial score (nSPS) is 45.6. The van der Waals surface area contributed by atoms with Gasteiger partial charge in [0.25, 0.3) is 0 Å². The minimum absolute atomic E-state index is 0.0133. The molecule has 5 rings (SSSR count). The number of nitrogens with two attached hydrogens (primary N) is 1. The van der Waals surface area contributed by atoms with Crippen LogP contribution in [0.3, 0.4) is 0 Å². The fourth-order valence-electron chi connectivity index (χ4n) is 5.57. The van der Waals surface area contributed by atoms with Gasteiger partial charge >= 0.3 is 7.12 Å². The molecule has 6 heteroatoms. The minimum Gasteiger partial charge on any atom is -0.404 e. The molecule has 5 aliphatic rings. The van der Waals surface area contributed by atoms with Crippen LogP contribution in [0.5, 0.6) is 0 Å². The van der Waals surface area contributed by atoms with Crippen LogP contribution < -0.4 is 5.73 Å². The Bertz CT molecular complexity index is 500. The average Bonchev–Trinajstić information content (AvgIpc) is 3.08. The molecule has 22 heavy (non-hydrogen) atoms. The van der Waals surface area contributed by atoms with Crippen LogP contribution in [0, 0.1) is 17.3 Å². The molecule has 5 nitrogen and oxygen atoms in total. The van der Waals surface area contributed by atoms with E-state index in [-0.39, 0.29) is 37.2 Å². The SMILES string of the molecule is CC1(C)C2CC3OB([C@@H]4CCCN4C(=O)CN)O[C@@]3(C)C1C2. The summed E-state index contributed by atoms with van der Waals surface area (Å²) in [5, 5.41) is 0. The van der Waals surface area contributed by atoms with E-state index in [1.54, 1.807) is 0 Å². The first kappa shape index (κ1) is 15.0. The molecule has 0 aromatic heterocycles. The highest BCUT2D eigenvalue weighted by molar-refractivity contribution is 6.48. The van der Waals surface area contributed by atoms with E-state index >= 15 is 0 Å². The Balaban J connectivity index is 1.54. The number of carbonyl (C=O) groups is 1. The van der Waals surface area contributed by atoms with Crippen LogP contribution in [0.15, 0.2) is 0 Å². The van der Waals surface area contributed by atoms with E-state index in [0.717, 1.165) is 31.7 Å². The molecule has 122 valence electrons. The summed E-state index contributed by atoms with van der Waals surface area (Å²) in [6, 6.07) is 0. The number of likely N-dealkylation sites (tertiary alicyclic amines) is 1. The van der Waals surface area contributed by atoms with E-state index in [9.17, 15) is 4.79 Å². The lowest BCUT2D eigenvalue weighted by molar-refractivity contribution is -0.199. The molecule has 2 N–H and O–H groups in total. The number of carbonyl (C=O) groups excluding carboxylic acids is 1. The summed E-state index contributed by atoms with van der Waals surface area (Å²) >= 11 is 0. The van der Waals surface area contributed by atoms with Gasteiger partial charge in [-0.05, 0) is 49.9 Å². The van der Waals surface area contributed by atoms with Gasteiger partial charge in [0.05, 0.1) is 24.2 Å². The highest BCUT2D eigenvalue weighted by Crippen LogP contribution is 2.65. The highest BCUT2D eigenvalue weighted by Gasteiger charge is 2.68. The molecule has 0 aromatic carbocycles. The van der Waals surface area contributed by atoms with Crippen molar-refractivity contribution in [3.05, 3.63) is 0 Å². The summed E-state index contributed by atoms with van der Waals surface area (Å²) in [4.78, 5) is 13.9. The predicted octanol–water partition coefficient (Wildman–Crippen LogP) is 1.20. The van der Waals surface area contributed by atoms with Gasteiger partial charge < -0.3 is 19.9 Å². The number of amides is 1. The van der Waals surface area contributed by atoms with Crippen molar-refractivity contribution in [2.24, 2.45) is 23.0 Å². The van der Waals surface area contributed by atoms with Crippen LogP contribution in [0.25, 0.3) is 0 Å². The van der Waals surface area contributed by atoms with Crippen LogP contribution in [-0.2, 0) is 14.1 Å². The summed E-state index contributed by atoms with van der Waals surface area (Å²) in [7, 11) is -0.275. The second-order valence-corrected chi connectivity index (χ2v) is 8.34. The maximum atomic E-state index is 12.0. The quantitative estimate of drug-likeness (QED) is 0.779. The minimum atomic E-state index is -0.275. The Hall–Kier alpha value is -0.585. The standard InChI is InChI=1S/C16H27BN2O3/c1-15(2)10-7-11(15)16(3)12(8-10)21-17(22-16)13-5-4-6-19(13)14(20)9-18/h10-13H,4-9,18H2,1-3H3/t10?,11?,12?,13-,16-/m0/s1. The Morgan fingerprint density at radius 3 is 2.82 bits per heavy atom. The van der Waals surface area contributed by atoms with E-state index in [1.165, 1.54) is 6.42 Å². The lowest BCUT2D eigenvalue weighted by Gasteiger charge is -2.64. The number of hydrogen-bond acceptors (Lipinski definition) is 4. The van der Waals surface area contributed by atoms with Crippen molar-refractivity contribution in [3.63, 3.8) is 0 Å². The van der Waals surface area contributed by atoms with Crippen LogP contribution in [0.2, 0.25) is 0 Å². The van der Waals surface area contributed by atoms with Crippen molar-refractivity contribution < 1.29 is 14.1 Å². The predicted molar refractivity (Wildman–Crippen MR) is 83.9 cm³/mol. The summed E-state index contributed by atoms with van der Waals surface area (Å²) in [6.07, 6.45) is 4.50.